The predicted octanol–water partition coefficient (Wildman–Crippen LogP) is 1.99. The molecule has 1 unspecified atom stereocenters. The Hall–Kier alpha value is -3.10. The molecule has 3 aromatic rings. The highest BCUT2D eigenvalue weighted by Gasteiger charge is 2.40. The summed E-state index contributed by atoms with van der Waals surface area (Å²) >= 11 is 0. The third-order valence-electron chi connectivity index (χ3n) is 6.01. The highest BCUT2D eigenvalue weighted by Crippen LogP contribution is 2.37. The van der Waals surface area contributed by atoms with Crippen LogP contribution in [0.1, 0.15) is 39.8 Å². The quantitative estimate of drug-likeness (QED) is 0.584. The second-order valence-electron chi connectivity index (χ2n) is 7.98. The molecule has 0 saturated carbocycles. The van der Waals surface area contributed by atoms with E-state index in [1.54, 1.807) is 0 Å². The standard InChI is InChI=1S/C23H26N6O2/c30-23-20-10-5-4-9-19(20)21(28(23)12-6-11-27-13-15-31-16-14-27)22-24-25-26-29(22)17-18-7-2-1-3-8-18/h1-5,7-10,21H,6,11-17H2. The number of hydrogen-bond donors (Lipinski definition) is 0. The molecule has 0 bridgehead atoms. The van der Waals surface area contributed by atoms with Crippen molar-refractivity contribution in [2.24, 2.45) is 0 Å². The summed E-state index contributed by atoms with van der Waals surface area (Å²) in [5, 5.41) is 12.5. The van der Waals surface area contributed by atoms with E-state index in [9.17, 15) is 4.79 Å². The number of rotatable bonds is 7. The van der Waals surface area contributed by atoms with E-state index in [-0.39, 0.29) is 11.9 Å². The molecule has 160 valence electrons. The number of fused-ring (bicyclic) bond motifs is 1. The van der Waals surface area contributed by atoms with E-state index in [0.717, 1.165) is 56.0 Å². The van der Waals surface area contributed by atoms with Gasteiger partial charge in [0.2, 0.25) is 0 Å². The molecule has 0 spiro atoms. The smallest absolute Gasteiger partial charge is 0.255 e. The van der Waals surface area contributed by atoms with Gasteiger partial charge >= 0.3 is 0 Å². The van der Waals surface area contributed by atoms with Gasteiger partial charge in [-0.05, 0) is 34.0 Å². The zero-order valence-corrected chi connectivity index (χ0v) is 17.4. The van der Waals surface area contributed by atoms with Crippen molar-refractivity contribution in [2.75, 3.05) is 39.4 Å². The molecule has 8 heteroatoms. The topological polar surface area (TPSA) is 76.4 Å². The molecule has 1 atom stereocenters. The maximum Gasteiger partial charge on any atom is 0.255 e. The fourth-order valence-electron chi connectivity index (χ4n) is 4.44. The average molecular weight is 419 g/mol. The number of benzene rings is 2. The molecule has 2 aliphatic heterocycles. The number of morpholine rings is 1. The minimum Gasteiger partial charge on any atom is -0.379 e. The molecule has 5 rings (SSSR count). The lowest BCUT2D eigenvalue weighted by molar-refractivity contribution is 0.0353. The van der Waals surface area contributed by atoms with Crippen LogP contribution in [-0.2, 0) is 11.3 Å². The third kappa shape index (κ3) is 4.08. The van der Waals surface area contributed by atoms with Crippen molar-refractivity contribution in [1.82, 2.24) is 30.0 Å². The molecular weight excluding hydrogens is 392 g/mol. The fraction of sp³-hybridized carbons (Fsp3) is 0.391. The van der Waals surface area contributed by atoms with E-state index in [0.29, 0.717) is 18.9 Å². The molecule has 0 N–H and O–H groups in total. The second kappa shape index (κ2) is 8.95. The maximum absolute atomic E-state index is 13.3. The Kier molecular flexibility index (Phi) is 5.73. The molecule has 1 saturated heterocycles. The Balaban J connectivity index is 1.39. The number of aromatic nitrogens is 4. The van der Waals surface area contributed by atoms with E-state index in [1.165, 1.54) is 0 Å². The second-order valence-corrected chi connectivity index (χ2v) is 7.98. The number of amides is 1. The van der Waals surface area contributed by atoms with Crippen LogP contribution in [-0.4, -0.2) is 75.3 Å². The molecule has 8 nitrogen and oxygen atoms in total. The molecule has 0 radical (unpaired) electrons. The molecule has 2 aliphatic rings. The van der Waals surface area contributed by atoms with Crippen molar-refractivity contribution in [3.8, 4) is 0 Å². The van der Waals surface area contributed by atoms with Crippen LogP contribution in [0, 0.1) is 0 Å². The van der Waals surface area contributed by atoms with Crippen molar-refractivity contribution in [3.63, 3.8) is 0 Å². The molecule has 1 fully saturated rings. The van der Waals surface area contributed by atoms with Crippen molar-refractivity contribution in [3.05, 3.63) is 77.1 Å². The van der Waals surface area contributed by atoms with Crippen LogP contribution in [0.3, 0.4) is 0 Å². The Bertz CT molecular complexity index is 1030. The zero-order valence-electron chi connectivity index (χ0n) is 17.4. The van der Waals surface area contributed by atoms with Crippen LogP contribution < -0.4 is 0 Å². The van der Waals surface area contributed by atoms with Gasteiger partial charge in [-0.2, -0.15) is 0 Å². The number of carbonyl (C=O) groups is 1. The normalized spacial score (nSPS) is 19.0. The summed E-state index contributed by atoms with van der Waals surface area (Å²) in [6, 6.07) is 17.6. The van der Waals surface area contributed by atoms with Crippen LogP contribution in [0.5, 0.6) is 0 Å². The van der Waals surface area contributed by atoms with Crippen LogP contribution in [0.25, 0.3) is 0 Å². The Labute approximate surface area is 181 Å². The van der Waals surface area contributed by atoms with Gasteiger partial charge in [0.25, 0.3) is 5.91 Å². The lowest BCUT2D eigenvalue weighted by Gasteiger charge is -2.29. The Morgan fingerprint density at radius 1 is 0.968 bits per heavy atom. The molecular formula is C23H26N6O2. The predicted molar refractivity (Wildman–Crippen MR) is 115 cm³/mol. The van der Waals surface area contributed by atoms with Crippen molar-refractivity contribution in [1.29, 1.82) is 0 Å². The summed E-state index contributed by atoms with van der Waals surface area (Å²) in [4.78, 5) is 17.6. The van der Waals surface area contributed by atoms with E-state index >= 15 is 0 Å². The molecule has 3 heterocycles. The minimum absolute atomic E-state index is 0.0526. The van der Waals surface area contributed by atoms with E-state index in [1.807, 2.05) is 52.0 Å². The summed E-state index contributed by atoms with van der Waals surface area (Å²) in [7, 11) is 0. The highest BCUT2D eigenvalue weighted by atomic mass is 16.5. The van der Waals surface area contributed by atoms with E-state index in [4.69, 9.17) is 4.74 Å². The summed E-state index contributed by atoms with van der Waals surface area (Å²) in [6.07, 6.45) is 0.899. The number of carbonyl (C=O) groups excluding carboxylic acids is 1. The van der Waals surface area contributed by atoms with Crippen LogP contribution in [0.4, 0.5) is 0 Å². The summed E-state index contributed by atoms with van der Waals surface area (Å²) in [6.45, 7) is 5.65. The zero-order chi connectivity index (χ0) is 21.0. The van der Waals surface area contributed by atoms with Crippen molar-refractivity contribution in [2.45, 2.75) is 19.0 Å². The molecule has 1 aromatic heterocycles. The van der Waals surface area contributed by atoms with Gasteiger partial charge in [0.1, 0.15) is 6.04 Å². The van der Waals surface area contributed by atoms with Gasteiger partial charge in [-0.1, -0.05) is 48.5 Å². The number of nitrogens with zero attached hydrogens (tertiary/aromatic N) is 6. The molecule has 31 heavy (non-hydrogen) atoms. The van der Waals surface area contributed by atoms with Gasteiger partial charge in [-0.25, -0.2) is 4.68 Å². The van der Waals surface area contributed by atoms with Gasteiger partial charge in [0.15, 0.2) is 5.82 Å². The summed E-state index contributed by atoms with van der Waals surface area (Å²) in [5.74, 6) is 0.755. The monoisotopic (exact) mass is 418 g/mol. The lowest BCUT2D eigenvalue weighted by atomic mass is 10.0. The Morgan fingerprint density at radius 3 is 2.58 bits per heavy atom. The van der Waals surface area contributed by atoms with Crippen LogP contribution in [0.2, 0.25) is 0 Å². The largest absolute Gasteiger partial charge is 0.379 e. The van der Waals surface area contributed by atoms with Crippen molar-refractivity contribution < 1.29 is 9.53 Å². The summed E-state index contributed by atoms with van der Waals surface area (Å²) < 4.78 is 7.25. The molecule has 0 aliphatic carbocycles. The fourth-order valence-corrected chi connectivity index (χ4v) is 4.44. The number of ether oxygens (including phenoxy) is 1. The third-order valence-corrected chi connectivity index (χ3v) is 6.01. The van der Waals surface area contributed by atoms with Crippen LogP contribution in [0.15, 0.2) is 54.6 Å². The van der Waals surface area contributed by atoms with Gasteiger partial charge in [-0.15, -0.1) is 5.10 Å². The molecule has 1 amide bonds. The first-order chi connectivity index (χ1) is 15.3. The van der Waals surface area contributed by atoms with E-state index in [2.05, 4.69) is 32.6 Å². The van der Waals surface area contributed by atoms with Crippen LogP contribution >= 0.6 is 0 Å². The van der Waals surface area contributed by atoms with Gasteiger partial charge in [0.05, 0.1) is 19.8 Å². The first-order valence-corrected chi connectivity index (χ1v) is 10.8. The first-order valence-electron chi connectivity index (χ1n) is 10.8. The Morgan fingerprint density at radius 2 is 1.74 bits per heavy atom. The average Bonchev–Trinajstić information content (AvgIpc) is 3.37. The minimum atomic E-state index is -0.271. The summed E-state index contributed by atoms with van der Waals surface area (Å²) in [5.41, 5.74) is 2.84. The van der Waals surface area contributed by atoms with E-state index < -0.39 is 0 Å². The number of tetrazole rings is 1. The van der Waals surface area contributed by atoms with Gasteiger partial charge in [0, 0.05) is 31.7 Å². The first kappa shape index (κ1) is 19.8. The molecule has 2 aromatic carbocycles. The maximum atomic E-state index is 13.3. The number of hydrogen-bond acceptors (Lipinski definition) is 6. The highest BCUT2D eigenvalue weighted by molar-refractivity contribution is 5.99. The van der Waals surface area contributed by atoms with Gasteiger partial charge < -0.3 is 9.64 Å². The SMILES string of the molecule is O=C1c2ccccc2C(c2nnnn2Cc2ccccc2)N1CCCN1CCOCC1. The lowest BCUT2D eigenvalue weighted by Crippen LogP contribution is -2.39. The van der Waals surface area contributed by atoms with Crippen molar-refractivity contribution >= 4 is 5.91 Å². The van der Waals surface area contributed by atoms with Gasteiger partial charge in [-0.3, -0.25) is 9.69 Å².